The molecule has 6 rings (SSSR count). The van der Waals surface area contributed by atoms with Gasteiger partial charge in [0, 0.05) is 49.5 Å². The highest BCUT2D eigenvalue weighted by atomic mass is 19.1. The Morgan fingerprint density at radius 2 is 1.51 bits per heavy atom. The number of halogens is 1. The number of hydrogen-bond donors (Lipinski definition) is 0. The van der Waals surface area contributed by atoms with E-state index in [-0.39, 0.29) is 18.4 Å². The van der Waals surface area contributed by atoms with E-state index in [0.717, 1.165) is 34.4 Å². The molecule has 0 bridgehead atoms. The van der Waals surface area contributed by atoms with Gasteiger partial charge in [-0.15, -0.1) is 0 Å². The van der Waals surface area contributed by atoms with Crippen molar-refractivity contribution in [3.63, 3.8) is 0 Å². The van der Waals surface area contributed by atoms with Crippen molar-refractivity contribution in [3.8, 4) is 11.3 Å². The Hall–Kier alpha value is -5.36. The first-order valence-corrected chi connectivity index (χ1v) is 15.2. The molecule has 224 valence electrons. The summed E-state index contributed by atoms with van der Waals surface area (Å²) in [5.74, 6) is -0.882. The molecule has 1 atom stereocenters. The van der Waals surface area contributed by atoms with Gasteiger partial charge in [0.1, 0.15) is 11.9 Å². The first-order valence-electron chi connectivity index (χ1n) is 15.2. The smallest absolute Gasteiger partial charge is 0.247 e. The van der Waals surface area contributed by atoms with Crippen molar-refractivity contribution in [2.24, 2.45) is 0 Å². The standard InChI is InChI=1S/C39H34FN3O2/c40-35-15-7-6-13-32(35)21-22-38(44)43(27-30-17-19-33(20-18-30)36-16-8-9-24-41-36)37(26-29-10-2-1-3-11-29)39(45)42-25-23-31-12-4-5-14-34(31)28-42/h1-22,24,37H,23,25-28H2/b22-21+/t37-/m0/s1. The zero-order chi connectivity index (χ0) is 31.0. The number of rotatable bonds is 9. The Kier molecular flexibility index (Phi) is 9.21. The molecule has 0 aliphatic carbocycles. The molecule has 45 heavy (non-hydrogen) atoms. The van der Waals surface area contributed by atoms with Crippen LogP contribution in [0.25, 0.3) is 17.3 Å². The van der Waals surface area contributed by atoms with Crippen molar-refractivity contribution >= 4 is 17.9 Å². The average molecular weight is 596 g/mol. The maximum atomic E-state index is 14.5. The number of nitrogens with zero attached hydrogens (tertiary/aromatic N) is 3. The monoisotopic (exact) mass is 595 g/mol. The molecule has 0 saturated carbocycles. The lowest BCUT2D eigenvalue weighted by atomic mass is 9.97. The third kappa shape index (κ3) is 7.24. The molecule has 6 heteroatoms. The minimum Gasteiger partial charge on any atom is -0.336 e. The molecule has 0 radical (unpaired) electrons. The van der Waals surface area contributed by atoms with Gasteiger partial charge in [-0.25, -0.2) is 4.39 Å². The quantitative estimate of drug-likeness (QED) is 0.171. The molecule has 0 N–H and O–H groups in total. The maximum absolute atomic E-state index is 14.5. The van der Waals surface area contributed by atoms with Crippen molar-refractivity contribution in [3.05, 3.63) is 167 Å². The first-order chi connectivity index (χ1) is 22.0. The Morgan fingerprint density at radius 3 is 2.27 bits per heavy atom. The predicted molar refractivity (Wildman–Crippen MR) is 175 cm³/mol. The van der Waals surface area contributed by atoms with Crippen molar-refractivity contribution in [1.29, 1.82) is 0 Å². The Bertz CT molecular complexity index is 1790. The van der Waals surface area contributed by atoms with Crippen LogP contribution < -0.4 is 0 Å². The Labute approximate surface area is 263 Å². The van der Waals surface area contributed by atoms with E-state index in [1.54, 1.807) is 29.3 Å². The summed E-state index contributed by atoms with van der Waals surface area (Å²) in [7, 11) is 0. The van der Waals surface area contributed by atoms with E-state index in [4.69, 9.17) is 0 Å². The van der Waals surface area contributed by atoms with E-state index in [9.17, 15) is 14.0 Å². The fourth-order valence-electron chi connectivity index (χ4n) is 5.78. The lowest BCUT2D eigenvalue weighted by Gasteiger charge is -2.37. The normalized spacial score (nSPS) is 13.3. The summed E-state index contributed by atoms with van der Waals surface area (Å²) in [5, 5.41) is 0. The summed E-state index contributed by atoms with van der Waals surface area (Å²) in [4.78, 5) is 36.5. The van der Waals surface area contributed by atoms with E-state index >= 15 is 0 Å². The molecular weight excluding hydrogens is 561 g/mol. The van der Waals surface area contributed by atoms with Crippen LogP contribution in [-0.4, -0.2) is 39.2 Å². The van der Waals surface area contributed by atoms with Crippen molar-refractivity contribution < 1.29 is 14.0 Å². The topological polar surface area (TPSA) is 53.5 Å². The lowest BCUT2D eigenvalue weighted by Crippen LogP contribution is -2.52. The van der Waals surface area contributed by atoms with Crippen molar-refractivity contribution in [2.75, 3.05) is 6.54 Å². The largest absolute Gasteiger partial charge is 0.336 e. The van der Waals surface area contributed by atoms with Gasteiger partial charge >= 0.3 is 0 Å². The average Bonchev–Trinajstić information content (AvgIpc) is 3.10. The van der Waals surface area contributed by atoms with Crippen LogP contribution in [0.4, 0.5) is 4.39 Å². The predicted octanol–water partition coefficient (Wildman–Crippen LogP) is 7.13. The second kappa shape index (κ2) is 14.0. The van der Waals surface area contributed by atoms with E-state index < -0.39 is 11.9 Å². The fourth-order valence-corrected chi connectivity index (χ4v) is 5.78. The number of pyridine rings is 1. The summed E-state index contributed by atoms with van der Waals surface area (Å²) in [6, 6.07) is 37.2. The van der Waals surface area contributed by atoms with Crippen LogP contribution in [0.2, 0.25) is 0 Å². The lowest BCUT2D eigenvalue weighted by molar-refractivity contribution is -0.144. The molecule has 2 heterocycles. The number of amides is 2. The molecule has 0 fully saturated rings. The number of benzene rings is 4. The van der Waals surface area contributed by atoms with Gasteiger partial charge in [0.15, 0.2) is 0 Å². The highest BCUT2D eigenvalue weighted by Crippen LogP contribution is 2.24. The molecule has 1 aromatic heterocycles. The van der Waals surface area contributed by atoms with Crippen molar-refractivity contribution in [2.45, 2.75) is 32.0 Å². The van der Waals surface area contributed by atoms with E-state index in [1.165, 1.54) is 23.8 Å². The molecule has 1 aliphatic rings. The first kappa shape index (κ1) is 29.7. The third-order valence-electron chi connectivity index (χ3n) is 8.24. The minimum absolute atomic E-state index is 0.105. The molecule has 2 amide bonds. The summed E-state index contributed by atoms with van der Waals surface area (Å²) in [6.07, 6.45) is 5.72. The zero-order valence-electron chi connectivity index (χ0n) is 24.9. The van der Waals surface area contributed by atoms with Crippen LogP contribution in [0.1, 0.15) is 27.8 Å². The molecule has 5 aromatic rings. The van der Waals surface area contributed by atoms with E-state index in [1.807, 2.05) is 89.8 Å². The van der Waals surface area contributed by atoms with Crippen LogP contribution in [0.15, 0.2) is 134 Å². The number of hydrogen-bond acceptors (Lipinski definition) is 3. The molecular formula is C39H34FN3O2. The van der Waals surface area contributed by atoms with Gasteiger partial charge in [0.2, 0.25) is 11.8 Å². The van der Waals surface area contributed by atoms with Crippen LogP contribution in [0.3, 0.4) is 0 Å². The van der Waals surface area contributed by atoms with Crippen LogP contribution in [0.5, 0.6) is 0 Å². The van der Waals surface area contributed by atoms with Gasteiger partial charge in [0.25, 0.3) is 0 Å². The minimum atomic E-state index is -0.772. The van der Waals surface area contributed by atoms with E-state index in [0.29, 0.717) is 25.1 Å². The van der Waals surface area contributed by atoms with Crippen LogP contribution in [0, 0.1) is 5.82 Å². The molecule has 0 saturated heterocycles. The van der Waals surface area contributed by atoms with Crippen molar-refractivity contribution in [1.82, 2.24) is 14.8 Å². The highest BCUT2D eigenvalue weighted by Gasteiger charge is 2.34. The highest BCUT2D eigenvalue weighted by molar-refractivity contribution is 5.96. The van der Waals surface area contributed by atoms with Gasteiger partial charge in [-0.1, -0.05) is 103 Å². The molecule has 4 aromatic carbocycles. The van der Waals surface area contributed by atoms with Crippen LogP contribution in [-0.2, 0) is 35.5 Å². The second-order valence-corrected chi connectivity index (χ2v) is 11.2. The SMILES string of the molecule is O=C([C@H](Cc1ccccc1)N(Cc1ccc(-c2ccccn2)cc1)C(=O)/C=C/c1ccccc1F)N1CCc2ccccc2C1. The molecule has 0 unspecified atom stereocenters. The van der Waals surface area contributed by atoms with Crippen LogP contribution >= 0.6 is 0 Å². The molecule has 5 nitrogen and oxygen atoms in total. The summed E-state index contributed by atoms with van der Waals surface area (Å²) in [6.45, 7) is 1.27. The summed E-state index contributed by atoms with van der Waals surface area (Å²) >= 11 is 0. The van der Waals surface area contributed by atoms with Gasteiger partial charge in [-0.05, 0) is 52.9 Å². The van der Waals surface area contributed by atoms with Gasteiger partial charge in [-0.3, -0.25) is 14.6 Å². The number of carbonyl (C=O) groups is 2. The molecule has 1 aliphatic heterocycles. The zero-order valence-corrected chi connectivity index (χ0v) is 24.9. The second-order valence-electron chi connectivity index (χ2n) is 11.2. The number of aromatic nitrogens is 1. The molecule has 0 spiro atoms. The number of fused-ring (bicyclic) bond motifs is 1. The third-order valence-corrected chi connectivity index (χ3v) is 8.24. The maximum Gasteiger partial charge on any atom is 0.247 e. The van der Waals surface area contributed by atoms with Gasteiger partial charge < -0.3 is 9.80 Å². The summed E-state index contributed by atoms with van der Waals surface area (Å²) in [5.41, 5.74) is 6.32. The Balaban J connectivity index is 1.35. The Morgan fingerprint density at radius 1 is 0.800 bits per heavy atom. The van der Waals surface area contributed by atoms with E-state index in [2.05, 4.69) is 17.1 Å². The summed E-state index contributed by atoms with van der Waals surface area (Å²) < 4.78 is 14.5. The fraction of sp³-hybridized carbons (Fsp3) is 0.154. The van der Waals surface area contributed by atoms with Gasteiger partial charge in [0.05, 0.1) is 5.69 Å². The number of carbonyl (C=O) groups excluding carboxylic acids is 2. The van der Waals surface area contributed by atoms with Gasteiger partial charge in [-0.2, -0.15) is 0 Å².